The van der Waals surface area contributed by atoms with Crippen LogP contribution in [-0.4, -0.2) is 22.8 Å². The van der Waals surface area contributed by atoms with Crippen LogP contribution in [0.5, 0.6) is 0 Å². The lowest BCUT2D eigenvalue weighted by atomic mass is 10.1. The average Bonchev–Trinajstić information content (AvgIpc) is 3.15. The molecular weight excluding hydrogens is 365 g/mol. The van der Waals surface area contributed by atoms with Crippen LogP contribution in [0.3, 0.4) is 0 Å². The predicted octanol–water partition coefficient (Wildman–Crippen LogP) is 3.15. The fourth-order valence-corrected chi connectivity index (χ4v) is 2.75. The Morgan fingerprint density at radius 2 is 1.93 bits per heavy atom. The first-order valence-corrected chi connectivity index (χ1v) is 8.20. The van der Waals surface area contributed by atoms with Crippen LogP contribution in [0.1, 0.15) is 5.76 Å². The summed E-state index contributed by atoms with van der Waals surface area (Å²) in [5.74, 6) is -1.47. The molecule has 0 atom stereocenters. The maximum absolute atomic E-state index is 13.4. The highest BCUT2D eigenvalue weighted by molar-refractivity contribution is 6.39. The van der Waals surface area contributed by atoms with Gasteiger partial charge in [-0.2, -0.15) is 0 Å². The van der Waals surface area contributed by atoms with Gasteiger partial charge in [0.05, 0.1) is 11.9 Å². The summed E-state index contributed by atoms with van der Waals surface area (Å²) in [6, 6.07) is 11.2. The summed E-state index contributed by atoms with van der Waals surface area (Å²) in [6.07, 6.45) is 4.06. The molecule has 0 saturated carbocycles. The van der Waals surface area contributed by atoms with Gasteiger partial charge in [0.25, 0.3) is 11.8 Å². The number of carbonyl (C=O) groups excluding carboxylic acids is 3. The first kappa shape index (κ1) is 17.3. The molecule has 1 saturated heterocycles. The molecule has 1 aromatic carbocycles. The molecule has 0 radical (unpaired) electrons. The number of urea groups is 1. The number of anilines is 1. The number of aromatic nitrogens is 1. The van der Waals surface area contributed by atoms with Gasteiger partial charge in [0.2, 0.25) is 0 Å². The number of amides is 4. The van der Waals surface area contributed by atoms with E-state index in [1.165, 1.54) is 36.7 Å². The van der Waals surface area contributed by atoms with Gasteiger partial charge in [0.15, 0.2) is 0 Å². The van der Waals surface area contributed by atoms with Crippen LogP contribution in [-0.2, 0) is 9.59 Å². The minimum atomic E-state index is -0.861. The number of nitrogens with zero attached hydrogens (tertiary/aromatic N) is 2. The fraction of sp³-hybridized carbons (Fsp3) is 0. The molecule has 0 aliphatic carbocycles. The lowest BCUT2D eigenvalue weighted by Gasteiger charge is -2.25. The summed E-state index contributed by atoms with van der Waals surface area (Å²) < 4.78 is 19.0. The quantitative estimate of drug-likeness (QED) is 0.559. The van der Waals surface area contributed by atoms with Gasteiger partial charge in [-0.05, 0) is 42.5 Å². The Morgan fingerprint density at radius 1 is 1.07 bits per heavy atom. The van der Waals surface area contributed by atoms with Crippen molar-refractivity contribution in [3.63, 3.8) is 0 Å². The monoisotopic (exact) mass is 377 g/mol. The van der Waals surface area contributed by atoms with Gasteiger partial charge in [-0.3, -0.25) is 19.9 Å². The van der Waals surface area contributed by atoms with E-state index in [4.69, 9.17) is 4.42 Å². The third-order valence-corrected chi connectivity index (χ3v) is 4.03. The van der Waals surface area contributed by atoms with Gasteiger partial charge in [0, 0.05) is 11.8 Å². The topological polar surface area (TPSA) is 92.5 Å². The normalized spacial score (nSPS) is 15.8. The molecule has 1 aliphatic rings. The summed E-state index contributed by atoms with van der Waals surface area (Å²) in [6.45, 7) is 0. The number of hydrogen-bond donors (Lipinski definition) is 1. The van der Waals surface area contributed by atoms with Crippen LogP contribution < -0.4 is 10.2 Å². The zero-order valence-corrected chi connectivity index (χ0v) is 14.3. The largest absolute Gasteiger partial charge is 0.457 e. The second-order valence-electron chi connectivity index (χ2n) is 5.88. The van der Waals surface area contributed by atoms with E-state index in [0.717, 1.165) is 4.90 Å². The van der Waals surface area contributed by atoms with Crippen LogP contribution >= 0.6 is 0 Å². The van der Waals surface area contributed by atoms with Crippen LogP contribution in [0.25, 0.3) is 17.4 Å². The van der Waals surface area contributed by atoms with Crippen molar-refractivity contribution in [1.82, 2.24) is 10.3 Å². The highest BCUT2D eigenvalue weighted by Gasteiger charge is 2.37. The maximum atomic E-state index is 13.4. The third kappa shape index (κ3) is 3.18. The summed E-state index contributed by atoms with van der Waals surface area (Å²) in [7, 11) is 0. The molecule has 8 heteroatoms. The number of imide groups is 2. The predicted molar refractivity (Wildman–Crippen MR) is 97.3 cm³/mol. The first-order valence-electron chi connectivity index (χ1n) is 8.20. The van der Waals surface area contributed by atoms with Crippen molar-refractivity contribution in [1.29, 1.82) is 0 Å². The van der Waals surface area contributed by atoms with E-state index >= 15 is 0 Å². The van der Waals surface area contributed by atoms with Crippen molar-refractivity contribution in [2.45, 2.75) is 0 Å². The summed E-state index contributed by atoms with van der Waals surface area (Å²) >= 11 is 0. The Hall–Kier alpha value is -4.07. The highest BCUT2D eigenvalue weighted by atomic mass is 19.1. The molecule has 0 spiro atoms. The van der Waals surface area contributed by atoms with Gasteiger partial charge in [-0.25, -0.2) is 14.1 Å². The molecule has 3 aromatic rings. The number of benzene rings is 1. The molecule has 0 unspecified atom stereocenters. The molecule has 138 valence electrons. The molecule has 7 nitrogen and oxygen atoms in total. The minimum Gasteiger partial charge on any atom is -0.457 e. The number of hydrogen-bond acceptors (Lipinski definition) is 5. The van der Waals surface area contributed by atoms with Crippen molar-refractivity contribution >= 4 is 29.6 Å². The van der Waals surface area contributed by atoms with Crippen LogP contribution in [0, 0.1) is 5.82 Å². The Kier molecular flexibility index (Phi) is 4.29. The molecule has 2 aromatic heterocycles. The van der Waals surface area contributed by atoms with E-state index in [1.807, 2.05) is 0 Å². The number of furan rings is 1. The molecule has 1 aliphatic heterocycles. The highest BCUT2D eigenvalue weighted by Crippen LogP contribution is 2.26. The van der Waals surface area contributed by atoms with E-state index < -0.39 is 23.7 Å². The Bertz CT molecular complexity index is 1120. The van der Waals surface area contributed by atoms with Gasteiger partial charge in [0.1, 0.15) is 22.9 Å². The van der Waals surface area contributed by atoms with Crippen LogP contribution in [0.2, 0.25) is 0 Å². The summed E-state index contributed by atoms with van der Waals surface area (Å²) in [4.78, 5) is 41.7. The molecule has 28 heavy (non-hydrogen) atoms. The summed E-state index contributed by atoms with van der Waals surface area (Å²) in [5.41, 5.74) is 0.461. The van der Waals surface area contributed by atoms with E-state index in [0.29, 0.717) is 11.3 Å². The minimum absolute atomic E-state index is 0.207. The second-order valence-corrected chi connectivity index (χ2v) is 5.88. The molecule has 0 bridgehead atoms. The Labute approximate surface area is 158 Å². The number of nitrogens with one attached hydrogen (secondary N) is 1. The molecule has 3 heterocycles. The smallest absolute Gasteiger partial charge is 0.336 e. The van der Waals surface area contributed by atoms with Crippen LogP contribution in [0.15, 0.2) is 70.9 Å². The van der Waals surface area contributed by atoms with Gasteiger partial charge < -0.3 is 4.42 Å². The van der Waals surface area contributed by atoms with Crippen LogP contribution in [0.4, 0.5) is 14.9 Å². The fourth-order valence-electron chi connectivity index (χ4n) is 2.75. The zero-order chi connectivity index (χ0) is 19.7. The first-order chi connectivity index (χ1) is 13.5. The second kappa shape index (κ2) is 6.92. The zero-order valence-electron chi connectivity index (χ0n) is 14.3. The molecular formula is C20H12FN3O4. The standard InChI is InChI=1S/C20H12FN3O4/c21-13-4-1-3-12(9-13)17-7-6-15(28-17)10-16-18(25)23-20(27)24(19(16)26)14-5-2-8-22-11-14/h1-11H,(H,23,25,27)/b16-10+. The van der Waals surface area contributed by atoms with Crippen molar-refractivity contribution in [3.05, 3.63) is 78.1 Å². The number of pyridine rings is 1. The summed E-state index contributed by atoms with van der Waals surface area (Å²) in [5, 5.41) is 2.11. The van der Waals surface area contributed by atoms with E-state index in [2.05, 4.69) is 10.3 Å². The van der Waals surface area contributed by atoms with Crippen molar-refractivity contribution in [2.24, 2.45) is 0 Å². The average molecular weight is 377 g/mol. The van der Waals surface area contributed by atoms with E-state index in [1.54, 1.807) is 30.3 Å². The number of barbiturate groups is 1. The van der Waals surface area contributed by atoms with E-state index in [-0.39, 0.29) is 17.0 Å². The number of halogens is 1. The molecule has 4 rings (SSSR count). The Morgan fingerprint density at radius 3 is 2.68 bits per heavy atom. The van der Waals surface area contributed by atoms with E-state index in [9.17, 15) is 18.8 Å². The molecule has 1 N–H and O–H groups in total. The number of rotatable bonds is 3. The lowest BCUT2D eigenvalue weighted by Crippen LogP contribution is -2.54. The van der Waals surface area contributed by atoms with Gasteiger partial charge in [-0.1, -0.05) is 12.1 Å². The molecule has 1 fully saturated rings. The van der Waals surface area contributed by atoms with Crippen molar-refractivity contribution in [2.75, 3.05) is 4.90 Å². The van der Waals surface area contributed by atoms with Gasteiger partial charge >= 0.3 is 6.03 Å². The molecule has 4 amide bonds. The van der Waals surface area contributed by atoms with Gasteiger partial charge in [-0.15, -0.1) is 0 Å². The van der Waals surface area contributed by atoms with Crippen molar-refractivity contribution in [3.8, 4) is 11.3 Å². The number of carbonyl (C=O) groups is 3. The van der Waals surface area contributed by atoms with Crippen molar-refractivity contribution < 1.29 is 23.2 Å². The SMILES string of the molecule is O=C1NC(=O)N(c2cccnc2)C(=O)/C1=C/c1ccc(-c2cccc(F)c2)o1. The third-order valence-electron chi connectivity index (χ3n) is 4.03. The maximum Gasteiger partial charge on any atom is 0.336 e. The lowest BCUT2D eigenvalue weighted by molar-refractivity contribution is -0.122. The Balaban J connectivity index is 1.68.